The van der Waals surface area contributed by atoms with Crippen molar-refractivity contribution in [1.82, 2.24) is 4.90 Å². The number of hydrogen-bond acceptors (Lipinski definition) is 4. The third kappa shape index (κ3) is 6.37. The lowest BCUT2D eigenvalue weighted by Gasteiger charge is -2.23. The standard InChI is InChI=1S/C22H27ClN2O4S/c1-30(27,28)25(16-18-6-8-19(23)9-7-18)20-10-12-21(13-11-20)29-17-22(26)24-14-4-2-3-5-15-24/h6-13H,2-5,14-17H2,1H3. The molecule has 0 saturated carbocycles. The van der Waals surface area contributed by atoms with Gasteiger partial charge >= 0.3 is 0 Å². The third-order valence-corrected chi connectivity index (χ3v) is 6.48. The Bertz CT molecular complexity index is 938. The highest BCUT2D eigenvalue weighted by Gasteiger charge is 2.19. The summed E-state index contributed by atoms with van der Waals surface area (Å²) in [5.41, 5.74) is 1.35. The number of sulfonamides is 1. The highest BCUT2D eigenvalue weighted by atomic mass is 35.5. The Labute approximate surface area is 183 Å². The largest absolute Gasteiger partial charge is 0.484 e. The van der Waals surface area contributed by atoms with Crippen molar-refractivity contribution >= 4 is 33.2 Å². The minimum absolute atomic E-state index is 0.0125. The van der Waals surface area contributed by atoms with E-state index in [-0.39, 0.29) is 19.1 Å². The van der Waals surface area contributed by atoms with Crippen molar-refractivity contribution in [3.63, 3.8) is 0 Å². The number of nitrogens with zero attached hydrogens (tertiary/aromatic N) is 2. The molecule has 1 aliphatic heterocycles. The Morgan fingerprint density at radius 1 is 1.00 bits per heavy atom. The van der Waals surface area contributed by atoms with E-state index in [1.807, 2.05) is 4.90 Å². The van der Waals surface area contributed by atoms with Gasteiger partial charge in [-0.1, -0.05) is 36.6 Å². The number of likely N-dealkylation sites (tertiary alicyclic amines) is 1. The van der Waals surface area contributed by atoms with Crippen LogP contribution >= 0.6 is 11.6 Å². The summed E-state index contributed by atoms with van der Waals surface area (Å²) in [6.45, 7) is 1.76. The molecule has 2 aromatic carbocycles. The molecule has 1 heterocycles. The van der Waals surface area contributed by atoms with Crippen LogP contribution in [0.25, 0.3) is 0 Å². The molecule has 0 N–H and O–H groups in total. The lowest BCUT2D eigenvalue weighted by Crippen LogP contribution is -2.35. The van der Waals surface area contributed by atoms with Crippen LogP contribution in [0.5, 0.6) is 5.75 Å². The van der Waals surface area contributed by atoms with Gasteiger partial charge in [0.25, 0.3) is 5.91 Å². The molecule has 1 saturated heterocycles. The van der Waals surface area contributed by atoms with Gasteiger partial charge in [0, 0.05) is 18.1 Å². The van der Waals surface area contributed by atoms with Crippen LogP contribution in [0, 0.1) is 0 Å². The van der Waals surface area contributed by atoms with Gasteiger partial charge in [-0.05, 0) is 54.8 Å². The van der Waals surface area contributed by atoms with Gasteiger partial charge in [-0.15, -0.1) is 0 Å². The minimum Gasteiger partial charge on any atom is -0.484 e. The molecule has 0 aliphatic carbocycles. The van der Waals surface area contributed by atoms with Crippen LogP contribution in [0.4, 0.5) is 5.69 Å². The van der Waals surface area contributed by atoms with E-state index in [1.54, 1.807) is 48.5 Å². The van der Waals surface area contributed by atoms with Gasteiger partial charge < -0.3 is 9.64 Å². The monoisotopic (exact) mass is 450 g/mol. The second kappa shape index (κ2) is 10.2. The fourth-order valence-corrected chi connectivity index (χ4v) is 4.43. The second-order valence-corrected chi connectivity index (χ2v) is 9.82. The number of carbonyl (C=O) groups is 1. The van der Waals surface area contributed by atoms with Crippen LogP contribution in [0.1, 0.15) is 31.2 Å². The average Bonchev–Trinajstić information content (AvgIpc) is 3.01. The number of amides is 1. The molecule has 0 bridgehead atoms. The lowest BCUT2D eigenvalue weighted by molar-refractivity contribution is -0.133. The molecule has 0 unspecified atom stereocenters. The Balaban J connectivity index is 1.64. The number of benzene rings is 2. The fraction of sp³-hybridized carbons (Fsp3) is 0.409. The maximum atomic E-state index is 12.4. The summed E-state index contributed by atoms with van der Waals surface area (Å²) in [6.07, 6.45) is 5.58. The second-order valence-electron chi connectivity index (χ2n) is 7.47. The van der Waals surface area contributed by atoms with Gasteiger partial charge in [0.15, 0.2) is 6.61 Å². The molecule has 0 radical (unpaired) electrons. The molecule has 1 aliphatic rings. The number of rotatable bonds is 7. The van der Waals surface area contributed by atoms with Crippen LogP contribution in [-0.4, -0.2) is 45.2 Å². The summed E-state index contributed by atoms with van der Waals surface area (Å²) in [5, 5.41) is 0.598. The number of halogens is 1. The van der Waals surface area contributed by atoms with Crippen LogP contribution in [-0.2, 0) is 21.4 Å². The third-order valence-electron chi connectivity index (χ3n) is 5.09. The summed E-state index contributed by atoms with van der Waals surface area (Å²) in [5.74, 6) is 0.517. The smallest absolute Gasteiger partial charge is 0.260 e. The van der Waals surface area contributed by atoms with Crippen LogP contribution < -0.4 is 9.04 Å². The molecule has 1 amide bonds. The summed E-state index contributed by atoms with van der Waals surface area (Å²) < 4.78 is 31.6. The summed E-state index contributed by atoms with van der Waals surface area (Å²) >= 11 is 5.91. The molecule has 30 heavy (non-hydrogen) atoms. The highest BCUT2D eigenvalue weighted by Crippen LogP contribution is 2.24. The first-order chi connectivity index (χ1) is 14.3. The Kier molecular flexibility index (Phi) is 7.61. The van der Waals surface area contributed by atoms with Gasteiger partial charge in [-0.25, -0.2) is 8.42 Å². The predicted octanol–water partition coefficient (Wildman–Crippen LogP) is 4.09. The Morgan fingerprint density at radius 3 is 2.17 bits per heavy atom. The van der Waals surface area contributed by atoms with E-state index in [1.165, 1.54) is 23.4 Å². The molecule has 0 aromatic heterocycles. The molecular weight excluding hydrogens is 424 g/mol. The molecule has 6 nitrogen and oxygen atoms in total. The first kappa shape index (κ1) is 22.4. The number of carbonyl (C=O) groups excluding carboxylic acids is 1. The zero-order chi connectivity index (χ0) is 21.6. The first-order valence-electron chi connectivity index (χ1n) is 10.1. The van der Waals surface area contributed by atoms with E-state index in [9.17, 15) is 13.2 Å². The minimum atomic E-state index is -3.48. The maximum absolute atomic E-state index is 12.4. The zero-order valence-corrected chi connectivity index (χ0v) is 18.7. The summed E-state index contributed by atoms with van der Waals surface area (Å²) in [7, 11) is -3.48. The van der Waals surface area contributed by atoms with Crippen molar-refractivity contribution in [3.05, 3.63) is 59.1 Å². The van der Waals surface area contributed by atoms with Crippen LogP contribution in [0.3, 0.4) is 0 Å². The zero-order valence-electron chi connectivity index (χ0n) is 17.1. The number of anilines is 1. The van der Waals surface area contributed by atoms with Crippen molar-refractivity contribution in [2.75, 3.05) is 30.3 Å². The normalized spacial score (nSPS) is 14.8. The molecular formula is C22H27ClN2O4S. The van der Waals surface area contributed by atoms with E-state index >= 15 is 0 Å². The van der Waals surface area contributed by atoms with Gasteiger partial charge in [0.2, 0.25) is 10.0 Å². The topological polar surface area (TPSA) is 66.9 Å². The van der Waals surface area contributed by atoms with Gasteiger partial charge in [-0.2, -0.15) is 0 Å². The van der Waals surface area contributed by atoms with Crippen molar-refractivity contribution in [3.8, 4) is 5.75 Å². The van der Waals surface area contributed by atoms with E-state index in [4.69, 9.17) is 16.3 Å². The molecule has 3 rings (SSSR count). The molecule has 1 fully saturated rings. The summed E-state index contributed by atoms with van der Waals surface area (Å²) in [4.78, 5) is 14.2. The predicted molar refractivity (Wildman–Crippen MR) is 119 cm³/mol. The average molecular weight is 451 g/mol. The van der Waals surface area contributed by atoms with Crippen molar-refractivity contribution in [1.29, 1.82) is 0 Å². The summed E-state index contributed by atoms with van der Waals surface area (Å²) in [6, 6.07) is 13.8. The van der Waals surface area contributed by atoms with Crippen molar-refractivity contribution in [2.45, 2.75) is 32.2 Å². The van der Waals surface area contributed by atoms with Gasteiger partial charge in [0.1, 0.15) is 5.75 Å². The Morgan fingerprint density at radius 2 is 1.60 bits per heavy atom. The van der Waals surface area contributed by atoms with E-state index in [0.717, 1.165) is 31.5 Å². The van der Waals surface area contributed by atoms with Crippen LogP contribution in [0.15, 0.2) is 48.5 Å². The maximum Gasteiger partial charge on any atom is 0.260 e. The van der Waals surface area contributed by atoms with Crippen molar-refractivity contribution in [2.24, 2.45) is 0 Å². The van der Waals surface area contributed by atoms with Gasteiger partial charge in [0.05, 0.1) is 18.5 Å². The molecule has 8 heteroatoms. The first-order valence-corrected chi connectivity index (χ1v) is 12.3. The quantitative estimate of drug-likeness (QED) is 0.637. The van der Waals surface area contributed by atoms with E-state index < -0.39 is 10.0 Å². The van der Waals surface area contributed by atoms with Crippen molar-refractivity contribution < 1.29 is 17.9 Å². The molecule has 0 spiro atoms. The molecule has 162 valence electrons. The fourth-order valence-electron chi connectivity index (χ4n) is 3.42. The van der Waals surface area contributed by atoms with E-state index in [2.05, 4.69) is 0 Å². The SMILES string of the molecule is CS(=O)(=O)N(Cc1ccc(Cl)cc1)c1ccc(OCC(=O)N2CCCCCC2)cc1. The number of hydrogen-bond donors (Lipinski definition) is 0. The van der Waals surface area contributed by atoms with Gasteiger partial charge in [-0.3, -0.25) is 9.10 Å². The number of ether oxygens (including phenoxy) is 1. The highest BCUT2D eigenvalue weighted by molar-refractivity contribution is 7.92. The lowest BCUT2D eigenvalue weighted by atomic mass is 10.2. The van der Waals surface area contributed by atoms with Crippen LogP contribution in [0.2, 0.25) is 5.02 Å². The van der Waals surface area contributed by atoms with E-state index in [0.29, 0.717) is 16.5 Å². The Hall–Kier alpha value is -2.25. The molecule has 0 atom stereocenters. The molecule has 2 aromatic rings.